The first kappa shape index (κ1) is 20.0. The molecule has 3 N–H and O–H groups in total. The smallest absolute Gasteiger partial charge is 0.406 e. The number of likely N-dealkylation sites (tertiary alicyclic amines) is 1. The molecule has 1 aliphatic heterocycles. The topological polar surface area (TPSA) is 97.1 Å². The van der Waals surface area contributed by atoms with Gasteiger partial charge in [-0.15, -0.1) is 13.2 Å². The SMILES string of the molecule is Cc1nc2c(C3CCN(C(=O)c4ccc(OC(F)(F)F)cc4N)CC3)ccnc2[nH]1. The van der Waals surface area contributed by atoms with Crippen molar-refractivity contribution in [2.45, 2.75) is 32.0 Å². The number of pyridine rings is 1. The molecule has 0 atom stereocenters. The van der Waals surface area contributed by atoms with E-state index in [2.05, 4.69) is 19.7 Å². The molecule has 7 nitrogen and oxygen atoms in total. The summed E-state index contributed by atoms with van der Waals surface area (Å²) >= 11 is 0. The van der Waals surface area contributed by atoms with Crippen molar-refractivity contribution in [3.63, 3.8) is 0 Å². The lowest BCUT2D eigenvalue weighted by Gasteiger charge is -2.32. The zero-order chi connectivity index (χ0) is 21.5. The van der Waals surface area contributed by atoms with Gasteiger partial charge in [-0.25, -0.2) is 9.97 Å². The third-order valence-electron chi connectivity index (χ3n) is 5.24. The first-order valence-corrected chi connectivity index (χ1v) is 9.47. The van der Waals surface area contributed by atoms with E-state index in [1.807, 2.05) is 13.0 Å². The maximum Gasteiger partial charge on any atom is 0.573 e. The number of aromatic amines is 1. The third-order valence-corrected chi connectivity index (χ3v) is 5.24. The number of amides is 1. The number of H-pyrrole nitrogens is 1. The second kappa shape index (κ2) is 7.51. The van der Waals surface area contributed by atoms with Crippen LogP contribution in [0, 0.1) is 6.92 Å². The van der Waals surface area contributed by atoms with Crippen LogP contribution in [-0.4, -0.2) is 45.2 Å². The molecule has 3 aromatic rings. The standard InChI is InChI=1S/C20H20F3N5O2/c1-11-26-17-14(4-7-25-18(17)27-11)12-5-8-28(9-6-12)19(29)15-3-2-13(10-16(15)24)30-20(21,22)23/h2-4,7,10,12H,5-6,8-9,24H2,1H3,(H,25,26,27). The Balaban J connectivity index is 1.45. The van der Waals surface area contributed by atoms with Gasteiger partial charge in [-0.05, 0) is 49.4 Å². The zero-order valence-corrected chi connectivity index (χ0v) is 16.2. The Morgan fingerprint density at radius 3 is 2.67 bits per heavy atom. The van der Waals surface area contributed by atoms with Gasteiger partial charge in [0.25, 0.3) is 5.91 Å². The first-order valence-electron chi connectivity index (χ1n) is 9.47. The average Bonchev–Trinajstić information content (AvgIpc) is 3.06. The second-order valence-corrected chi connectivity index (χ2v) is 7.28. The van der Waals surface area contributed by atoms with Crippen molar-refractivity contribution in [1.29, 1.82) is 0 Å². The quantitative estimate of drug-likeness (QED) is 0.630. The van der Waals surface area contributed by atoms with Crippen LogP contribution in [0.2, 0.25) is 0 Å². The number of carbonyl (C=O) groups excluding carboxylic acids is 1. The number of hydrogen-bond donors (Lipinski definition) is 2. The molecule has 10 heteroatoms. The molecule has 1 aromatic carbocycles. The van der Waals surface area contributed by atoms with Crippen molar-refractivity contribution in [1.82, 2.24) is 19.9 Å². The Labute approximate surface area is 170 Å². The van der Waals surface area contributed by atoms with Gasteiger partial charge in [-0.2, -0.15) is 0 Å². The fourth-order valence-corrected chi connectivity index (χ4v) is 3.87. The minimum atomic E-state index is -4.81. The molecule has 3 heterocycles. The molecular formula is C20H20F3N5O2. The number of aryl methyl sites for hydroxylation is 1. The van der Waals surface area contributed by atoms with Crippen LogP contribution < -0.4 is 10.5 Å². The Bertz CT molecular complexity index is 1090. The molecule has 1 fully saturated rings. The molecule has 1 amide bonds. The Kier molecular flexibility index (Phi) is 5.00. The van der Waals surface area contributed by atoms with E-state index in [0.717, 1.165) is 47.5 Å². The fraction of sp³-hybridized carbons (Fsp3) is 0.350. The number of benzene rings is 1. The minimum absolute atomic E-state index is 0.0493. The van der Waals surface area contributed by atoms with Gasteiger partial charge in [0.1, 0.15) is 17.1 Å². The number of rotatable bonds is 3. The lowest BCUT2D eigenvalue weighted by Crippen LogP contribution is -2.38. The van der Waals surface area contributed by atoms with Crippen LogP contribution in [0.3, 0.4) is 0 Å². The molecular weight excluding hydrogens is 399 g/mol. The summed E-state index contributed by atoms with van der Waals surface area (Å²) in [5, 5.41) is 0. The summed E-state index contributed by atoms with van der Waals surface area (Å²) in [4.78, 5) is 26.5. The van der Waals surface area contributed by atoms with Gasteiger partial charge >= 0.3 is 6.36 Å². The monoisotopic (exact) mass is 419 g/mol. The number of nitrogens with one attached hydrogen (secondary N) is 1. The minimum Gasteiger partial charge on any atom is -0.406 e. The maximum absolute atomic E-state index is 12.8. The van der Waals surface area contributed by atoms with Crippen molar-refractivity contribution in [3.05, 3.63) is 47.4 Å². The number of imidazole rings is 1. The second-order valence-electron chi connectivity index (χ2n) is 7.28. The zero-order valence-electron chi connectivity index (χ0n) is 16.2. The van der Waals surface area contributed by atoms with E-state index in [0.29, 0.717) is 13.1 Å². The number of alkyl halides is 3. The maximum atomic E-state index is 12.8. The summed E-state index contributed by atoms with van der Waals surface area (Å²) < 4.78 is 40.9. The number of anilines is 1. The molecule has 1 aliphatic rings. The highest BCUT2D eigenvalue weighted by molar-refractivity contribution is 5.99. The van der Waals surface area contributed by atoms with Crippen molar-refractivity contribution in [2.24, 2.45) is 0 Å². The van der Waals surface area contributed by atoms with Crippen LogP contribution in [0.25, 0.3) is 11.2 Å². The highest BCUT2D eigenvalue weighted by Crippen LogP contribution is 2.33. The molecule has 30 heavy (non-hydrogen) atoms. The molecule has 1 saturated heterocycles. The summed E-state index contributed by atoms with van der Waals surface area (Å²) in [7, 11) is 0. The molecule has 2 aromatic heterocycles. The summed E-state index contributed by atoms with van der Waals surface area (Å²) in [5.41, 5.74) is 8.63. The summed E-state index contributed by atoms with van der Waals surface area (Å²) in [6.07, 6.45) is -1.58. The lowest BCUT2D eigenvalue weighted by molar-refractivity contribution is -0.274. The molecule has 0 spiro atoms. The first-order chi connectivity index (χ1) is 14.2. The van der Waals surface area contributed by atoms with Gasteiger partial charge in [0.2, 0.25) is 0 Å². The van der Waals surface area contributed by atoms with Crippen LogP contribution in [0.4, 0.5) is 18.9 Å². The van der Waals surface area contributed by atoms with Crippen LogP contribution in [0.5, 0.6) is 5.75 Å². The van der Waals surface area contributed by atoms with E-state index >= 15 is 0 Å². The van der Waals surface area contributed by atoms with E-state index in [9.17, 15) is 18.0 Å². The van der Waals surface area contributed by atoms with Crippen molar-refractivity contribution in [3.8, 4) is 5.75 Å². The molecule has 158 valence electrons. The number of nitrogen functional groups attached to an aromatic ring is 1. The summed E-state index contributed by atoms with van der Waals surface area (Å²) in [6.45, 7) is 2.90. The molecule has 0 unspecified atom stereocenters. The van der Waals surface area contributed by atoms with Crippen LogP contribution in [0.1, 0.15) is 40.5 Å². The Morgan fingerprint density at radius 1 is 1.27 bits per heavy atom. The number of aromatic nitrogens is 3. The number of fused-ring (bicyclic) bond motifs is 1. The third kappa shape index (κ3) is 4.03. The normalized spacial score (nSPS) is 15.5. The van der Waals surface area contributed by atoms with Crippen molar-refractivity contribution in [2.75, 3.05) is 18.8 Å². The van der Waals surface area contributed by atoms with Crippen LogP contribution in [0.15, 0.2) is 30.5 Å². The molecule has 0 bridgehead atoms. The number of halogens is 3. The van der Waals surface area contributed by atoms with Gasteiger partial charge < -0.3 is 20.4 Å². The summed E-state index contributed by atoms with van der Waals surface area (Å²) in [5.74, 6) is 0.277. The highest BCUT2D eigenvalue weighted by atomic mass is 19.4. The predicted octanol–water partition coefficient (Wildman–Crippen LogP) is 3.77. The summed E-state index contributed by atoms with van der Waals surface area (Å²) in [6, 6.07) is 5.34. The van der Waals surface area contributed by atoms with Gasteiger partial charge in [0.15, 0.2) is 5.65 Å². The Morgan fingerprint density at radius 2 is 2.00 bits per heavy atom. The van der Waals surface area contributed by atoms with Crippen LogP contribution >= 0.6 is 0 Å². The highest BCUT2D eigenvalue weighted by Gasteiger charge is 2.32. The number of hydrogen-bond acceptors (Lipinski definition) is 5. The van der Waals surface area contributed by atoms with E-state index < -0.39 is 12.1 Å². The molecule has 0 radical (unpaired) electrons. The molecule has 0 saturated carbocycles. The number of nitrogens with two attached hydrogens (primary N) is 1. The van der Waals surface area contributed by atoms with E-state index in [4.69, 9.17) is 5.73 Å². The molecule has 0 aliphatic carbocycles. The van der Waals surface area contributed by atoms with Gasteiger partial charge in [0, 0.05) is 31.0 Å². The predicted molar refractivity (Wildman–Crippen MR) is 104 cm³/mol. The number of nitrogens with zero attached hydrogens (tertiary/aromatic N) is 3. The molecule has 4 rings (SSSR count). The number of piperidine rings is 1. The fourth-order valence-electron chi connectivity index (χ4n) is 3.87. The van der Waals surface area contributed by atoms with E-state index in [1.54, 1.807) is 11.1 Å². The Hall–Kier alpha value is -3.30. The van der Waals surface area contributed by atoms with Crippen LogP contribution in [-0.2, 0) is 0 Å². The number of ether oxygens (including phenoxy) is 1. The number of carbonyl (C=O) groups is 1. The average molecular weight is 419 g/mol. The van der Waals surface area contributed by atoms with Gasteiger partial charge in [-0.3, -0.25) is 4.79 Å². The lowest BCUT2D eigenvalue weighted by atomic mass is 9.89. The van der Waals surface area contributed by atoms with Gasteiger partial charge in [0.05, 0.1) is 5.56 Å². The van der Waals surface area contributed by atoms with Crippen molar-refractivity contribution >= 4 is 22.8 Å². The van der Waals surface area contributed by atoms with Crippen molar-refractivity contribution < 1.29 is 22.7 Å². The van der Waals surface area contributed by atoms with E-state index in [-0.39, 0.29) is 23.1 Å². The largest absolute Gasteiger partial charge is 0.573 e. The van der Waals surface area contributed by atoms with E-state index in [1.165, 1.54) is 6.07 Å². The van der Waals surface area contributed by atoms with Gasteiger partial charge in [-0.1, -0.05) is 0 Å².